The lowest BCUT2D eigenvalue weighted by Gasteiger charge is -2.48. The third-order valence-electron chi connectivity index (χ3n) is 16.5. The van der Waals surface area contributed by atoms with Gasteiger partial charge in [-0.05, 0) is 111 Å². The number of nitrogen functional groups attached to an aromatic ring is 2. The van der Waals surface area contributed by atoms with Gasteiger partial charge in [0.25, 0.3) is 0 Å². The summed E-state index contributed by atoms with van der Waals surface area (Å²) < 4.78 is 5.71. The van der Waals surface area contributed by atoms with Crippen molar-refractivity contribution in [3.05, 3.63) is 109 Å². The summed E-state index contributed by atoms with van der Waals surface area (Å²) >= 11 is 0. The van der Waals surface area contributed by atoms with E-state index in [9.17, 15) is 5.11 Å². The van der Waals surface area contributed by atoms with Crippen molar-refractivity contribution in [2.45, 2.75) is 74.3 Å². The lowest BCUT2D eigenvalue weighted by Crippen LogP contribution is -2.60. The van der Waals surface area contributed by atoms with Crippen LogP contribution in [0.1, 0.15) is 49.9 Å². The number of anilines is 6. The number of fused-ring (bicyclic) bond motifs is 4. The Kier molecular flexibility index (Phi) is 12.4. The maximum Gasteiger partial charge on any atom is 0.174 e. The van der Waals surface area contributed by atoms with E-state index in [-0.39, 0.29) is 17.4 Å². The minimum atomic E-state index is -0.112. The molecule has 7 aliphatic rings. The number of aromatic nitrogens is 6. The Morgan fingerprint density at radius 1 is 0.640 bits per heavy atom. The maximum atomic E-state index is 10.5. The van der Waals surface area contributed by atoms with E-state index in [1.54, 1.807) is 12.1 Å². The van der Waals surface area contributed by atoms with E-state index in [0.29, 0.717) is 78.1 Å². The number of aromatic hydroxyl groups is 1. The van der Waals surface area contributed by atoms with Crippen molar-refractivity contribution in [3.8, 4) is 57.7 Å². The summed E-state index contributed by atoms with van der Waals surface area (Å²) in [5, 5.41) is 28.0. The Bertz CT molecular complexity index is 3210. The average molecular weight is 1010 g/mol. The molecule has 0 amide bonds. The highest BCUT2D eigenvalue weighted by Crippen LogP contribution is 2.42. The Labute approximate surface area is 436 Å². The molecule has 75 heavy (non-hydrogen) atoms. The minimum Gasteiger partial charge on any atom is -0.507 e. The van der Waals surface area contributed by atoms with Crippen LogP contribution in [-0.2, 0) is 9.62 Å². The van der Waals surface area contributed by atoms with Crippen LogP contribution in [0.25, 0.3) is 22.5 Å². The Morgan fingerprint density at radius 2 is 1.20 bits per heavy atom. The first-order valence-corrected chi connectivity index (χ1v) is 26.3. The predicted molar refractivity (Wildman–Crippen MR) is 287 cm³/mol. The van der Waals surface area contributed by atoms with Crippen LogP contribution in [0.3, 0.4) is 0 Å². The summed E-state index contributed by atoms with van der Waals surface area (Å²) in [7, 11) is 0. The second-order valence-corrected chi connectivity index (χ2v) is 21.0. The highest BCUT2D eigenvalue weighted by atomic mass is 17.2. The first kappa shape index (κ1) is 47.0. The molecule has 13 rings (SSSR count). The zero-order valence-corrected chi connectivity index (χ0v) is 41.8. The lowest BCUT2D eigenvalue weighted by atomic mass is 9.84. The summed E-state index contributed by atoms with van der Waals surface area (Å²) in [6.07, 6.45) is 10.3. The number of rotatable bonds is 11. The second kappa shape index (κ2) is 19.8. The number of piperazine rings is 2. The van der Waals surface area contributed by atoms with Crippen molar-refractivity contribution >= 4 is 34.4 Å². The number of para-hydroxylation sites is 2. The summed E-state index contributed by atoms with van der Waals surface area (Å²) in [6.45, 7) is 8.69. The molecular formula is C57H60N14O4. The van der Waals surface area contributed by atoms with Crippen molar-refractivity contribution in [2.24, 2.45) is 0 Å². The molecule has 0 radical (unpaired) electrons. The van der Waals surface area contributed by atoms with Crippen molar-refractivity contribution in [1.29, 1.82) is 0 Å². The van der Waals surface area contributed by atoms with E-state index in [2.05, 4.69) is 108 Å². The topological polar surface area (TPSA) is 197 Å². The second-order valence-electron chi connectivity index (χ2n) is 21.0. The van der Waals surface area contributed by atoms with Gasteiger partial charge in [0.2, 0.25) is 0 Å². The van der Waals surface area contributed by atoms with E-state index in [1.807, 2.05) is 60.9 Å². The number of hydrogen-bond donors (Lipinski definition) is 3. The summed E-state index contributed by atoms with van der Waals surface area (Å²) in [6, 6.07) is 28.5. The molecule has 4 bridgehead atoms. The van der Waals surface area contributed by atoms with Gasteiger partial charge >= 0.3 is 0 Å². The van der Waals surface area contributed by atoms with Crippen molar-refractivity contribution < 1.29 is 19.6 Å². The Balaban J connectivity index is 0.599. The van der Waals surface area contributed by atoms with Crippen LogP contribution in [0.4, 0.5) is 34.4 Å². The molecular weight excluding hydrogens is 945 g/mol. The number of phenolic OH excluding ortho intramolecular Hbond substituents is 1. The molecule has 0 aliphatic carbocycles. The van der Waals surface area contributed by atoms with Gasteiger partial charge in [0.05, 0.1) is 42.5 Å². The lowest BCUT2D eigenvalue weighted by molar-refractivity contribution is -0.271. The Hall–Kier alpha value is -7.74. The zero-order valence-electron chi connectivity index (χ0n) is 41.8. The molecule has 5 N–H and O–H groups in total. The van der Waals surface area contributed by atoms with Gasteiger partial charge < -0.3 is 45.8 Å². The number of ether oxygens (including phenoxy) is 1. The smallest absolute Gasteiger partial charge is 0.174 e. The van der Waals surface area contributed by atoms with Crippen molar-refractivity contribution in [3.63, 3.8) is 0 Å². The van der Waals surface area contributed by atoms with Crippen LogP contribution < -0.4 is 36.0 Å². The summed E-state index contributed by atoms with van der Waals surface area (Å²) in [4.78, 5) is 35.7. The van der Waals surface area contributed by atoms with Gasteiger partial charge in [0.1, 0.15) is 23.2 Å². The number of nitrogens with zero attached hydrogens (tertiary/aromatic N) is 12. The van der Waals surface area contributed by atoms with Gasteiger partial charge in [-0.1, -0.05) is 36.1 Å². The van der Waals surface area contributed by atoms with Crippen LogP contribution in [0.15, 0.2) is 97.3 Å². The highest BCUT2D eigenvalue weighted by Gasteiger charge is 2.47. The highest BCUT2D eigenvalue weighted by molar-refractivity contribution is 5.76. The summed E-state index contributed by atoms with van der Waals surface area (Å²) in [5.74, 6) is 14.9. The maximum absolute atomic E-state index is 10.5. The predicted octanol–water partition coefficient (Wildman–Crippen LogP) is 5.24. The molecule has 18 nitrogen and oxygen atoms in total. The van der Waals surface area contributed by atoms with E-state index >= 15 is 0 Å². The minimum absolute atomic E-state index is 0.112. The molecule has 11 heterocycles. The SMILES string of the molecule is Nc1nnc(-c2ccccc2O)cc1N1CC2CCC(C1)N2c1ccnc(C#CCN2CC(OOc3ccccc3-c3cc(N4CC5CCC(C4)N5c4ccnc(C#CCN5CCC56CCOC6)c4)c(N)nn3)C2)c1. The van der Waals surface area contributed by atoms with E-state index in [0.717, 1.165) is 119 Å². The number of likely N-dealkylation sites (tertiary alicyclic amines) is 2. The molecule has 7 aliphatic heterocycles. The normalized spacial score (nSPS) is 24.1. The van der Waals surface area contributed by atoms with Crippen LogP contribution in [-0.4, -0.2) is 153 Å². The van der Waals surface area contributed by atoms with Crippen molar-refractivity contribution in [1.82, 2.24) is 40.2 Å². The molecule has 7 saturated heterocycles. The zero-order chi connectivity index (χ0) is 50.5. The first-order chi connectivity index (χ1) is 36.8. The monoisotopic (exact) mass is 1000 g/mol. The molecule has 5 unspecified atom stereocenters. The van der Waals surface area contributed by atoms with Gasteiger partial charge in [0, 0.05) is 117 Å². The van der Waals surface area contributed by atoms with Gasteiger partial charge in [-0.2, -0.15) is 4.89 Å². The van der Waals surface area contributed by atoms with Crippen molar-refractivity contribution in [2.75, 3.05) is 103 Å². The molecule has 1 spiro atoms. The van der Waals surface area contributed by atoms with Crippen LogP contribution >= 0.6 is 0 Å². The molecule has 4 aromatic heterocycles. The number of hydrogen-bond acceptors (Lipinski definition) is 18. The number of pyridine rings is 2. The fourth-order valence-corrected chi connectivity index (χ4v) is 12.5. The largest absolute Gasteiger partial charge is 0.507 e. The van der Waals surface area contributed by atoms with Gasteiger partial charge in [-0.25, -0.2) is 9.97 Å². The number of benzene rings is 2. The molecule has 382 valence electrons. The Morgan fingerprint density at radius 3 is 1.76 bits per heavy atom. The molecule has 6 aromatic rings. The van der Waals surface area contributed by atoms with Gasteiger partial charge in [-0.15, -0.1) is 20.4 Å². The number of phenols is 1. The molecule has 7 fully saturated rings. The van der Waals surface area contributed by atoms with Crippen LogP contribution in [0.5, 0.6) is 11.5 Å². The van der Waals surface area contributed by atoms with Crippen LogP contribution in [0.2, 0.25) is 0 Å². The average Bonchev–Trinajstić information content (AvgIpc) is 4.15. The number of nitrogens with two attached hydrogens (primary N) is 2. The quantitative estimate of drug-likeness (QED) is 0.0865. The third-order valence-corrected chi connectivity index (χ3v) is 16.5. The molecule has 2 aromatic carbocycles. The van der Waals surface area contributed by atoms with Gasteiger partial charge in [0.15, 0.2) is 17.4 Å². The first-order valence-electron chi connectivity index (χ1n) is 26.3. The van der Waals surface area contributed by atoms with E-state index < -0.39 is 0 Å². The third kappa shape index (κ3) is 9.22. The fourth-order valence-electron chi connectivity index (χ4n) is 12.5. The van der Waals surface area contributed by atoms with E-state index in [4.69, 9.17) is 26.0 Å². The molecule has 0 saturated carbocycles. The molecule has 18 heteroatoms. The van der Waals surface area contributed by atoms with Gasteiger partial charge in [-0.3, -0.25) is 9.80 Å². The van der Waals surface area contributed by atoms with E-state index in [1.165, 1.54) is 12.1 Å². The fraction of sp³-hybridized carbons (Fsp3) is 0.404. The van der Waals surface area contributed by atoms with Crippen LogP contribution in [0, 0.1) is 23.7 Å². The standard InChI is InChI=1S/C57H60N14O4/c58-55-51(29-49(62-64-55)47-9-1-3-11-53(47)72)67-31-42-13-14-43(32-67)70(42)40-17-21-60-38(27-40)7-5-23-66-35-46(36-66)74-75-54-12-4-2-10-48(54)50-30-52(56(59)65-63-50)68-33-44-15-16-45(34-68)71(44)41-18-22-61-39(28-41)8-6-24-69-25-19-57(69)20-26-73-37-57/h1-4,9-12,17-18,21-22,27-30,42-46,72H,13-16,19-20,23-26,31-37H2,(H2,58,64)(H2,59,65). The molecule has 5 atom stereocenters. The summed E-state index contributed by atoms with van der Waals surface area (Å²) in [5.41, 5.74) is 21.4.